The number of methoxy groups -OCH3 is 3. The Labute approximate surface area is 439 Å². The molecule has 7 aromatic carbocycles. The van der Waals surface area contributed by atoms with E-state index in [0.29, 0.717) is 77.1 Å². The minimum absolute atomic E-state index is 0.0507. The van der Waals surface area contributed by atoms with Gasteiger partial charge in [-0.05, 0) is 111 Å². The number of nitrogens with two attached hydrogens (primary N) is 1. The quantitative estimate of drug-likeness (QED) is 0.0348. The lowest BCUT2D eigenvalue weighted by Crippen LogP contribution is -2.14. The first-order chi connectivity index (χ1) is 36.3. The van der Waals surface area contributed by atoms with Crippen molar-refractivity contribution in [1.29, 1.82) is 0 Å². The molecule has 2 heterocycles. The Balaban J connectivity index is 0.000000208. The van der Waals surface area contributed by atoms with Gasteiger partial charge >= 0.3 is 11.9 Å². The number of nitrogens with zero attached hydrogens (tertiary/aromatic N) is 4. The van der Waals surface area contributed by atoms with Gasteiger partial charge in [0.1, 0.15) is 34.6 Å². The molecule has 0 saturated heterocycles. The van der Waals surface area contributed by atoms with Crippen LogP contribution < -0.4 is 29.4 Å². The number of anilines is 2. The predicted octanol–water partition coefficient (Wildman–Crippen LogP) is 11.8. The molecule has 0 spiro atoms. The topological polar surface area (TPSA) is 208 Å². The van der Waals surface area contributed by atoms with Gasteiger partial charge in [0.15, 0.2) is 0 Å². The summed E-state index contributed by atoms with van der Waals surface area (Å²) in [5.74, 6) is 2.72. The Morgan fingerprint density at radius 3 is 1.59 bits per heavy atom. The molecule has 0 aliphatic rings. The van der Waals surface area contributed by atoms with Gasteiger partial charge in [0.05, 0.1) is 72.9 Å². The number of carboxylic acid groups (broad SMARTS) is 1. The number of nitrogens with one attached hydrogen (secondary N) is 1. The van der Waals surface area contributed by atoms with Crippen LogP contribution in [0, 0.1) is 0 Å². The molecule has 0 atom stereocenters. The second-order valence-electron chi connectivity index (χ2n) is 17.0. The average Bonchev–Trinajstić information content (AvgIpc) is 3.99. The number of unbranched alkanes of at least 4 members (excludes halogenated alkanes) is 2. The van der Waals surface area contributed by atoms with E-state index in [9.17, 15) is 18.0 Å². The number of esters is 1. The lowest BCUT2D eigenvalue weighted by atomic mass is 10.2. The van der Waals surface area contributed by atoms with Crippen molar-refractivity contribution in [2.24, 2.45) is 0 Å². The number of benzene rings is 7. The van der Waals surface area contributed by atoms with Crippen molar-refractivity contribution in [2.75, 3.05) is 45.0 Å². The number of rotatable bonds is 21. The fraction of sp³-hybridized carbons (Fsp3) is 0.193. The number of hydrogen-bond acceptors (Lipinski definition) is 12. The standard InChI is InChI=1S/C32H30ClN3O6S.C25H25N3O4/c1-40-25-15-13-24(14-16-25)36-29-21-30(42-19-7-6-10-31(37)41-2)28(35-43(38,39)26-17-11-23(33)12-18-26)20-27(29)34-32(36)22-8-4-3-5-9-22;1-31-19-12-10-18(11-13-19)28-22-16-23(32-14-6-5-9-24(29)30)20(26)15-21(22)27-25(28)17-7-3-2-4-8-17/h3-5,8-9,11-18,20-21,35H,6-7,10,19H2,1-2H3;2-4,7-8,10-13,15-16H,5-6,9,14,26H2,1H3,(H,29,30). The van der Waals surface area contributed by atoms with Crippen LogP contribution in [0.4, 0.5) is 11.4 Å². The van der Waals surface area contributed by atoms with Crippen LogP contribution in [0.3, 0.4) is 0 Å². The van der Waals surface area contributed by atoms with E-state index in [1.807, 2.05) is 126 Å². The van der Waals surface area contributed by atoms with Crippen molar-refractivity contribution in [2.45, 2.75) is 43.4 Å². The minimum Gasteiger partial charge on any atom is -0.497 e. The summed E-state index contributed by atoms with van der Waals surface area (Å²) in [7, 11) is 0.614. The first-order valence-electron chi connectivity index (χ1n) is 24.0. The number of carbonyl (C=O) groups is 2. The summed E-state index contributed by atoms with van der Waals surface area (Å²) in [5.41, 5.74) is 13.5. The van der Waals surface area contributed by atoms with Gasteiger partial charge in [-0.1, -0.05) is 72.3 Å². The number of sulfonamides is 1. The summed E-state index contributed by atoms with van der Waals surface area (Å²) in [6.45, 7) is 0.644. The van der Waals surface area contributed by atoms with E-state index in [2.05, 4.69) is 9.29 Å². The number of carboxylic acids is 1. The molecule has 0 fully saturated rings. The number of hydrogen-bond donors (Lipinski definition) is 3. The zero-order valence-corrected chi connectivity index (χ0v) is 43.0. The van der Waals surface area contributed by atoms with E-state index in [1.54, 1.807) is 26.4 Å². The number of aromatic nitrogens is 4. The lowest BCUT2D eigenvalue weighted by Gasteiger charge is -2.15. The van der Waals surface area contributed by atoms with Crippen molar-refractivity contribution in [3.05, 3.63) is 163 Å². The molecule has 18 heteroatoms. The largest absolute Gasteiger partial charge is 0.497 e. The number of halogens is 1. The zero-order valence-electron chi connectivity index (χ0n) is 41.4. The smallest absolute Gasteiger partial charge is 0.305 e. The van der Waals surface area contributed by atoms with E-state index in [-0.39, 0.29) is 36.0 Å². The fourth-order valence-electron chi connectivity index (χ4n) is 8.13. The van der Waals surface area contributed by atoms with Crippen LogP contribution in [-0.4, -0.2) is 79.1 Å². The van der Waals surface area contributed by atoms with E-state index in [0.717, 1.165) is 45.1 Å². The molecule has 9 aromatic rings. The average molecular weight is 1050 g/mol. The molecule has 0 bridgehead atoms. The van der Waals surface area contributed by atoms with Crippen molar-refractivity contribution in [3.63, 3.8) is 0 Å². The van der Waals surface area contributed by atoms with Crippen molar-refractivity contribution in [3.8, 4) is 57.1 Å². The minimum atomic E-state index is -3.98. The molecule has 0 unspecified atom stereocenters. The van der Waals surface area contributed by atoms with Gasteiger partial charge in [-0.15, -0.1) is 0 Å². The van der Waals surface area contributed by atoms with E-state index in [4.69, 9.17) is 56.1 Å². The third-order valence-electron chi connectivity index (χ3n) is 11.9. The summed E-state index contributed by atoms with van der Waals surface area (Å²) in [6, 6.07) is 48.1. The summed E-state index contributed by atoms with van der Waals surface area (Å²) in [4.78, 5) is 32.1. The monoisotopic (exact) mass is 1050 g/mol. The maximum atomic E-state index is 13.4. The first-order valence-corrected chi connectivity index (χ1v) is 25.8. The van der Waals surface area contributed by atoms with Gasteiger partial charge < -0.3 is 34.5 Å². The summed E-state index contributed by atoms with van der Waals surface area (Å²) in [6.07, 6.45) is 2.70. The second-order valence-corrected chi connectivity index (χ2v) is 19.1. The fourth-order valence-corrected chi connectivity index (χ4v) is 9.32. The normalized spacial score (nSPS) is 11.1. The number of carbonyl (C=O) groups excluding carboxylic acids is 1. The molecule has 9 rings (SSSR count). The van der Waals surface area contributed by atoms with E-state index >= 15 is 0 Å². The van der Waals surface area contributed by atoms with Gasteiger partial charge in [-0.25, -0.2) is 18.4 Å². The molecule has 0 aliphatic carbocycles. The summed E-state index contributed by atoms with van der Waals surface area (Å²) in [5, 5.41) is 9.21. The highest BCUT2D eigenvalue weighted by Gasteiger charge is 2.23. The van der Waals surface area contributed by atoms with Gasteiger partial charge in [0.2, 0.25) is 0 Å². The predicted molar refractivity (Wildman–Crippen MR) is 291 cm³/mol. The molecule has 0 radical (unpaired) electrons. The molecule has 386 valence electrons. The van der Waals surface area contributed by atoms with Gasteiger partial charge in [-0.3, -0.25) is 23.4 Å². The number of aliphatic carboxylic acids is 1. The lowest BCUT2D eigenvalue weighted by molar-refractivity contribution is -0.141. The van der Waals surface area contributed by atoms with Crippen LogP contribution in [-0.2, 0) is 24.3 Å². The number of fused-ring (bicyclic) bond motifs is 2. The molecule has 0 aliphatic heterocycles. The van der Waals surface area contributed by atoms with Crippen molar-refractivity contribution < 1.29 is 46.8 Å². The van der Waals surface area contributed by atoms with Crippen molar-refractivity contribution in [1.82, 2.24) is 19.1 Å². The van der Waals surface area contributed by atoms with E-state index in [1.165, 1.54) is 31.4 Å². The Hall–Kier alpha value is -8.54. The number of imidazole rings is 2. The van der Waals surface area contributed by atoms with Gasteiger partial charge in [-0.2, -0.15) is 0 Å². The SMILES string of the molecule is COC(=O)CCCCOc1cc2c(cc1NS(=O)(=O)c1ccc(Cl)cc1)nc(-c1ccccc1)n2-c1ccc(OC)cc1.COc1ccc(-n2c(-c3ccccc3)nc3cc(N)c(OCCCCC(=O)O)cc32)cc1. The zero-order chi connectivity index (χ0) is 52.9. The van der Waals surface area contributed by atoms with Crippen LogP contribution in [0.25, 0.3) is 56.2 Å². The van der Waals surface area contributed by atoms with Crippen LogP contribution >= 0.6 is 11.6 Å². The highest BCUT2D eigenvalue weighted by atomic mass is 35.5. The maximum Gasteiger partial charge on any atom is 0.305 e. The number of nitrogen functional groups attached to an aromatic ring is 1. The molecular formula is C57H55ClN6O10S. The van der Waals surface area contributed by atoms with Crippen LogP contribution in [0.15, 0.2) is 163 Å². The van der Waals surface area contributed by atoms with Crippen LogP contribution in [0.2, 0.25) is 5.02 Å². The van der Waals surface area contributed by atoms with Crippen LogP contribution in [0.5, 0.6) is 23.0 Å². The molecule has 0 amide bonds. The first kappa shape index (κ1) is 52.8. The molecule has 16 nitrogen and oxygen atoms in total. The van der Waals surface area contributed by atoms with Gasteiger partial charge in [0, 0.05) is 52.5 Å². The Morgan fingerprint density at radius 2 is 1.09 bits per heavy atom. The highest BCUT2D eigenvalue weighted by molar-refractivity contribution is 7.92. The third kappa shape index (κ3) is 13.0. The molecule has 4 N–H and O–H groups in total. The second kappa shape index (κ2) is 24.5. The summed E-state index contributed by atoms with van der Waals surface area (Å²) < 4.78 is 60.9. The Morgan fingerprint density at radius 1 is 0.613 bits per heavy atom. The maximum absolute atomic E-state index is 13.4. The summed E-state index contributed by atoms with van der Waals surface area (Å²) >= 11 is 5.98. The highest BCUT2D eigenvalue weighted by Crippen LogP contribution is 2.38. The van der Waals surface area contributed by atoms with Gasteiger partial charge in [0.25, 0.3) is 10.0 Å². The molecule has 75 heavy (non-hydrogen) atoms. The molecular weight excluding hydrogens is 996 g/mol. The third-order valence-corrected chi connectivity index (χ3v) is 13.6. The number of ether oxygens (including phenoxy) is 5. The van der Waals surface area contributed by atoms with Crippen LogP contribution in [0.1, 0.15) is 38.5 Å². The molecule has 2 aromatic heterocycles. The Kier molecular flexibility index (Phi) is 17.2. The van der Waals surface area contributed by atoms with Crippen molar-refractivity contribution >= 4 is 67.0 Å². The van der Waals surface area contributed by atoms with E-state index < -0.39 is 16.0 Å². The molecule has 0 saturated carbocycles. The Bertz CT molecular complexity index is 3500.